The van der Waals surface area contributed by atoms with Crippen LogP contribution in [0.4, 0.5) is 0 Å². The molecule has 3 heteroatoms. The summed E-state index contributed by atoms with van der Waals surface area (Å²) in [5.41, 5.74) is 0.950. The minimum Gasteiger partial charge on any atom is -0.507 e. The molecule has 0 radical (unpaired) electrons. The number of aromatic hydroxyl groups is 1. The molecule has 2 nitrogen and oxygen atoms in total. The lowest BCUT2D eigenvalue weighted by molar-refractivity contribution is 0.473. The fraction of sp³-hybridized carbons (Fsp3) is 0. The molecule has 0 amide bonds. The van der Waals surface area contributed by atoms with Crippen molar-refractivity contribution >= 4 is 26.8 Å². The van der Waals surface area contributed by atoms with Crippen molar-refractivity contribution in [2.45, 2.75) is 0 Å². The summed E-state index contributed by atoms with van der Waals surface area (Å²) in [4.78, 5) is 3.01. The summed E-state index contributed by atoms with van der Waals surface area (Å²) in [6, 6.07) is 5.53. The highest BCUT2D eigenvalue weighted by atomic mass is 79.9. The lowest BCUT2D eigenvalue weighted by atomic mass is 10.2. The number of H-pyrrole nitrogens is 1. The Balaban J connectivity index is 2.86. The summed E-state index contributed by atoms with van der Waals surface area (Å²) in [6.45, 7) is 0. The lowest BCUT2D eigenvalue weighted by Gasteiger charge is -1.95. The molecule has 2 rings (SSSR count). The molecule has 2 aromatic rings. The van der Waals surface area contributed by atoms with Crippen LogP contribution in [0, 0.1) is 0 Å². The van der Waals surface area contributed by atoms with Crippen molar-refractivity contribution in [3.05, 3.63) is 28.9 Å². The summed E-state index contributed by atoms with van der Waals surface area (Å²) >= 11 is 3.24. The first-order valence-corrected chi connectivity index (χ1v) is 4.02. The Morgan fingerprint density at radius 2 is 2.18 bits per heavy atom. The number of phenolic OH excluding ortho intramolecular Hbond substituents is 1. The lowest BCUT2D eigenvalue weighted by Crippen LogP contribution is -1.70. The summed E-state index contributed by atoms with van der Waals surface area (Å²) in [7, 11) is 0. The third kappa shape index (κ3) is 1.01. The largest absolute Gasteiger partial charge is 0.507 e. The van der Waals surface area contributed by atoms with Crippen LogP contribution in [0.15, 0.2) is 28.9 Å². The Bertz CT molecular complexity index is 358. The standard InChI is InChI=1S/C8H6BrNO/c9-6-3-5-1-2-10-7(5)4-8(6)11/h1-4,10-11H. The molecule has 1 aromatic heterocycles. The molecule has 56 valence electrons. The van der Waals surface area contributed by atoms with Crippen molar-refractivity contribution in [3.63, 3.8) is 0 Å². The fourth-order valence-corrected chi connectivity index (χ4v) is 1.42. The number of hydrogen-bond acceptors (Lipinski definition) is 1. The van der Waals surface area contributed by atoms with Crippen molar-refractivity contribution in [3.8, 4) is 5.75 Å². The van der Waals surface area contributed by atoms with E-state index in [1.54, 1.807) is 6.07 Å². The second-order valence-corrected chi connectivity index (χ2v) is 3.22. The van der Waals surface area contributed by atoms with Crippen molar-refractivity contribution in [2.75, 3.05) is 0 Å². The van der Waals surface area contributed by atoms with Crippen molar-refractivity contribution in [1.82, 2.24) is 4.98 Å². The van der Waals surface area contributed by atoms with E-state index in [1.807, 2.05) is 18.3 Å². The van der Waals surface area contributed by atoms with Crippen LogP contribution in [0.3, 0.4) is 0 Å². The summed E-state index contributed by atoms with van der Waals surface area (Å²) in [5.74, 6) is 0.264. The monoisotopic (exact) mass is 211 g/mol. The molecule has 0 unspecified atom stereocenters. The first kappa shape index (κ1) is 6.73. The van der Waals surface area contributed by atoms with Crippen LogP contribution in [-0.4, -0.2) is 10.1 Å². The first-order valence-electron chi connectivity index (χ1n) is 3.23. The summed E-state index contributed by atoms with van der Waals surface area (Å²) < 4.78 is 0.726. The highest BCUT2D eigenvalue weighted by molar-refractivity contribution is 9.10. The Morgan fingerprint density at radius 3 is 3.00 bits per heavy atom. The van der Waals surface area contributed by atoms with Gasteiger partial charge in [-0.25, -0.2) is 0 Å². The van der Waals surface area contributed by atoms with Crippen molar-refractivity contribution < 1.29 is 5.11 Å². The van der Waals surface area contributed by atoms with E-state index in [2.05, 4.69) is 20.9 Å². The molecular weight excluding hydrogens is 206 g/mol. The molecule has 0 fully saturated rings. The number of fused-ring (bicyclic) bond motifs is 1. The summed E-state index contributed by atoms with van der Waals surface area (Å²) in [6.07, 6.45) is 1.84. The van der Waals surface area contributed by atoms with E-state index in [9.17, 15) is 5.11 Å². The zero-order valence-corrected chi connectivity index (χ0v) is 7.22. The van der Waals surface area contributed by atoms with Gasteiger partial charge in [0.15, 0.2) is 0 Å². The van der Waals surface area contributed by atoms with Gasteiger partial charge in [0.2, 0.25) is 0 Å². The van der Waals surface area contributed by atoms with Crippen LogP contribution in [0.25, 0.3) is 10.9 Å². The van der Waals surface area contributed by atoms with Crippen LogP contribution in [-0.2, 0) is 0 Å². The van der Waals surface area contributed by atoms with Gasteiger partial charge >= 0.3 is 0 Å². The highest BCUT2D eigenvalue weighted by Crippen LogP contribution is 2.28. The predicted molar refractivity (Wildman–Crippen MR) is 47.7 cm³/mol. The molecule has 0 saturated carbocycles. The molecule has 2 N–H and O–H groups in total. The normalized spacial score (nSPS) is 10.6. The minimum atomic E-state index is 0.264. The maximum Gasteiger partial charge on any atom is 0.131 e. The first-order chi connectivity index (χ1) is 5.27. The number of aromatic nitrogens is 1. The third-order valence-corrected chi connectivity index (χ3v) is 2.26. The van der Waals surface area contributed by atoms with Crippen LogP contribution in [0.1, 0.15) is 0 Å². The zero-order valence-electron chi connectivity index (χ0n) is 5.63. The Labute approximate surface area is 72.0 Å². The maximum atomic E-state index is 9.27. The van der Waals surface area contributed by atoms with Crippen LogP contribution in [0.2, 0.25) is 0 Å². The molecule has 11 heavy (non-hydrogen) atoms. The number of phenols is 1. The number of halogens is 1. The molecule has 1 aromatic carbocycles. The van der Waals surface area contributed by atoms with E-state index in [4.69, 9.17) is 0 Å². The van der Waals surface area contributed by atoms with Crippen LogP contribution >= 0.6 is 15.9 Å². The van der Waals surface area contributed by atoms with Gasteiger partial charge in [0.05, 0.1) is 4.47 Å². The van der Waals surface area contributed by atoms with Gasteiger partial charge in [-0.05, 0) is 28.1 Å². The predicted octanol–water partition coefficient (Wildman–Crippen LogP) is 2.64. The van der Waals surface area contributed by atoms with E-state index >= 15 is 0 Å². The second kappa shape index (κ2) is 2.27. The third-order valence-electron chi connectivity index (χ3n) is 1.62. The van der Waals surface area contributed by atoms with E-state index in [0.717, 1.165) is 15.4 Å². The van der Waals surface area contributed by atoms with Gasteiger partial charge in [0.25, 0.3) is 0 Å². The Kier molecular flexibility index (Phi) is 1.39. The zero-order chi connectivity index (χ0) is 7.84. The topological polar surface area (TPSA) is 36.0 Å². The van der Waals surface area contributed by atoms with Crippen LogP contribution in [0.5, 0.6) is 5.75 Å². The molecule has 0 aliphatic rings. The minimum absolute atomic E-state index is 0.264. The van der Waals surface area contributed by atoms with E-state index in [0.29, 0.717) is 0 Å². The highest BCUT2D eigenvalue weighted by Gasteiger charge is 2.00. The fourth-order valence-electron chi connectivity index (χ4n) is 1.06. The quantitative estimate of drug-likeness (QED) is 0.691. The van der Waals surface area contributed by atoms with E-state index in [-0.39, 0.29) is 5.75 Å². The molecule has 0 aliphatic carbocycles. The Hall–Kier alpha value is -0.960. The molecule has 0 bridgehead atoms. The van der Waals surface area contributed by atoms with Gasteiger partial charge in [-0.1, -0.05) is 0 Å². The SMILES string of the molecule is Oc1cc2[nH]ccc2cc1Br. The smallest absolute Gasteiger partial charge is 0.131 e. The van der Waals surface area contributed by atoms with Gasteiger partial charge in [0.1, 0.15) is 5.75 Å². The molecular formula is C8H6BrNO. The molecule has 1 heterocycles. The second-order valence-electron chi connectivity index (χ2n) is 2.37. The van der Waals surface area contributed by atoms with Gasteiger partial charge in [-0.15, -0.1) is 0 Å². The average Bonchev–Trinajstić information content (AvgIpc) is 2.36. The molecule has 0 saturated heterocycles. The van der Waals surface area contributed by atoms with E-state index < -0.39 is 0 Å². The maximum absolute atomic E-state index is 9.27. The van der Waals surface area contributed by atoms with Gasteiger partial charge < -0.3 is 10.1 Å². The number of nitrogens with one attached hydrogen (secondary N) is 1. The number of rotatable bonds is 0. The molecule has 0 aliphatic heterocycles. The number of aromatic amines is 1. The number of hydrogen-bond donors (Lipinski definition) is 2. The van der Waals surface area contributed by atoms with E-state index in [1.165, 1.54) is 0 Å². The molecule has 0 atom stereocenters. The van der Waals surface area contributed by atoms with Crippen LogP contribution < -0.4 is 0 Å². The van der Waals surface area contributed by atoms with Gasteiger partial charge in [-0.3, -0.25) is 0 Å². The van der Waals surface area contributed by atoms with Gasteiger partial charge in [0, 0.05) is 23.2 Å². The Morgan fingerprint density at radius 1 is 1.36 bits per heavy atom. The summed E-state index contributed by atoms with van der Waals surface area (Å²) in [5, 5.41) is 10.4. The van der Waals surface area contributed by atoms with Gasteiger partial charge in [-0.2, -0.15) is 0 Å². The van der Waals surface area contributed by atoms with Crippen molar-refractivity contribution in [1.29, 1.82) is 0 Å². The number of benzene rings is 1. The average molecular weight is 212 g/mol. The molecule has 0 spiro atoms. The van der Waals surface area contributed by atoms with Crippen molar-refractivity contribution in [2.24, 2.45) is 0 Å².